The van der Waals surface area contributed by atoms with Crippen LogP contribution in [0.25, 0.3) is 0 Å². The lowest BCUT2D eigenvalue weighted by Crippen LogP contribution is -2.46. The highest BCUT2D eigenvalue weighted by atomic mass is 19.4. The van der Waals surface area contributed by atoms with Crippen LogP contribution in [0.2, 0.25) is 0 Å². The lowest BCUT2D eigenvalue weighted by molar-refractivity contribution is -0.140. The number of aromatic nitrogens is 1. The van der Waals surface area contributed by atoms with E-state index < -0.39 is 47.7 Å². The van der Waals surface area contributed by atoms with Gasteiger partial charge in [-0.05, 0) is 12.5 Å². The predicted molar refractivity (Wildman–Crippen MR) is 77.9 cm³/mol. The molecule has 0 aromatic carbocycles. The summed E-state index contributed by atoms with van der Waals surface area (Å²) in [6.45, 7) is -0.492. The van der Waals surface area contributed by atoms with Gasteiger partial charge in [-0.2, -0.15) is 13.2 Å². The SMILES string of the molecule is CNC(=O)[C@@H]1C[C@H](N)CN1C(=O)Cn1cc(C(F)(F)F)ccc1=O. The smallest absolute Gasteiger partial charge is 0.357 e. The molecular weight excluding hydrogens is 329 g/mol. The highest BCUT2D eigenvalue weighted by Crippen LogP contribution is 2.28. The van der Waals surface area contributed by atoms with Crippen molar-refractivity contribution in [1.82, 2.24) is 14.8 Å². The minimum Gasteiger partial charge on any atom is -0.357 e. The molecule has 24 heavy (non-hydrogen) atoms. The molecular formula is C14H17F3N4O3. The van der Waals surface area contributed by atoms with Gasteiger partial charge < -0.3 is 20.5 Å². The Balaban J connectivity index is 2.23. The standard InChI is InChI=1S/C14H17F3N4O3/c1-19-13(24)10-4-9(18)6-21(10)12(23)7-20-5-8(14(15,16)17)2-3-11(20)22/h2-3,5,9-10H,4,6-7,18H2,1H3,(H,19,24)/t9-,10-/m0/s1. The first-order valence-electron chi connectivity index (χ1n) is 7.18. The molecule has 2 atom stereocenters. The molecule has 7 nitrogen and oxygen atoms in total. The van der Waals surface area contributed by atoms with Crippen molar-refractivity contribution in [3.05, 3.63) is 34.2 Å². The quantitative estimate of drug-likeness (QED) is 0.774. The van der Waals surface area contributed by atoms with Crippen molar-refractivity contribution < 1.29 is 22.8 Å². The normalized spacial score (nSPS) is 21.0. The number of alkyl halides is 3. The van der Waals surface area contributed by atoms with Gasteiger partial charge in [0.2, 0.25) is 11.8 Å². The summed E-state index contributed by atoms with van der Waals surface area (Å²) in [4.78, 5) is 37.1. The molecule has 1 fully saturated rings. The Morgan fingerprint density at radius 3 is 2.62 bits per heavy atom. The van der Waals surface area contributed by atoms with E-state index >= 15 is 0 Å². The molecule has 1 aromatic rings. The predicted octanol–water partition coefficient (Wildman–Crippen LogP) is -0.459. The number of rotatable bonds is 3. The Morgan fingerprint density at radius 1 is 1.38 bits per heavy atom. The van der Waals surface area contributed by atoms with Gasteiger partial charge in [0.05, 0.1) is 5.56 Å². The van der Waals surface area contributed by atoms with Gasteiger partial charge in [-0.1, -0.05) is 0 Å². The first-order valence-corrected chi connectivity index (χ1v) is 7.18. The largest absolute Gasteiger partial charge is 0.417 e. The van der Waals surface area contributed by atoms with Crippen molar-refractivity contribution in [1.29, 1.82) is 0 Å². The highest BCUT2D eigenvalue weighted by Gasteiger charge is 2.38. The van der Waals surface area contributed by atoms with Gasteiger partial charge in [0.15, 0.2) is 0 Å². The number of halogens is 3. The number of carbonyl (C=O) groups is 2. The number of pyridine rings is 1. The second kappa shape index (κ2) is 6.63. The van der Waals surface area contributed by atoms with Crippen molar-refractivity contribution in [2.24, 2.45) is 5.73 Å². The summed E-state index contributed by atoms with van der Waals surface area (Å²) in [7, 11) is 1.41. The zero-order chi connectivity index (χ0) is 18.1. The summed E-state index contributed by atoms with van der Waals surface area (Å²) in [6.07, 6.45) is -3.78. The molecule has 132 valence electrons. The molecule has 2 rings (SSSR count). The topological polar surface area (TPSA) is 97.4 Å². The van der Waals surface area contributed by atoms with E-state index in [1.807, 2.05) is 0 Å². The monoisotopic (exact) mass is 346 g/mol. The molecule has 0 radical (unpaired) electrons. The molecule has 2 amide bonds. The van der Waals surface area contributed by atoms with Gasteiger partial charge in [-0.25, -0.2) is 0 Å². The second-order valence-electron chi connectivity index (χ2n) is 5.55. The first-order chi connectivity index (χ1) is 11.1. The van der Waals surface area contributed by atoms with Crippen molar-refractivity contribution in [2.75, 3.05) is 13.6 Å². The van der Waals surface area contributed by atoms with E-state index in [1.165, 1.54) is 11.9 Å². The minimum atomic E-state index is -4.63. The zero-order valence-electron chi connectivity index (χ0n) is 12.8. The third-order valence-corrected chi connectivity index (χ3v) is 3.82. The summed E-state index contributed by atoms with van der Waals surface area (Å²) in [5.41, 5.74) is 3.99. The Morgan fingerprint density at radius 2 is 2.04 bits per heavy atom. The Labute approximate surface area is 135 Å². The van der Waals surface area contributed by atoms with Crippen LogP contribution in [-0.2, 0) is 22.3 Å². The molecule has 0 spiro atoms. The van der Waals surface area contributed by atoms with E-state index in [-0.39, 0.29) is 13.0 Å². The lowest BCUT2D eigenvalue weighted by Gasteiger charge is -2.23. The number of likely N-dealkylation sites (N-methyl/N-ethyl adjacent to an activating group) is 1. The van der Waals surface area contributed by atoms with Gasteiger partial charge in [0, 0.05) is 31.9 Å². The summed E-state index contributed by atoms with van der Waals surface area (Å²) >= 11 is 0. The highest BCUT2D eigenvalue weighted by molar-refractivity contribution is 5.88. The Bertz CT molecular complexity index is 701. The summed E-state index contributed by atoms with van der Waals surface area (Å²) in [5, 5.41) is 2.41. The van der Waals surface area contributed by atoms with Crippen LogP contribution in [0.5, 0.6) is 0 Å². The number of hydrogen-bond donors (Lipinski definition) is 2. The van der Waals surface area contributed by atoms with E-state index in [2.05, 4.69) is 5.32 Å². The van der Waals surface area contributed by atoms with Gasteiger partial charge in [-0.3, -0.25) is 14.4 Å². The number of nitrogens with one attached hydrogen (secondary N) is 1. The van der Waals surface area contributed by atoms with E-state index in [1.54, 1.807) is 0 Å². The number of nitrogens with two attached hydrogens (primary N) is 1. The van der Waals surface area contributed by atoms with Gasteiger partial charge in [-0.15, -0.1) is 0 Å². The van der Waals surface area contributed by atoms with E-state index in [9.17, 15) is 27.6 Å². The van der Waals surface area contributed by atoms with Crippen LogP contribution in [0.3, 0.4) is 0 Å². The lowest BCUT2D eigenvalue weighted by atomic mass is 10.1. The molecule has 1 aliphatic rings. The number of likely N-dealkylation sites (tertiary alicyclic amines) is 1. The van der Waals surface area contributed by atoms with Crippen LogP contribution in [0.15, 0.2) is 23.1 Å². The molecule has 0 unspecified atom stereocenters. The van der Waals surface area contributed by atoms with Gasteiger partial charge in [0.25, 0.3) is 5.56 Å². The minimum absolute atomic E-state index is 0.102. The number of carbonyl (C=O) groups excluding carboxylic acids is 2. The molecule has 1 aromatic heterocycles. The van der Waals surface area contributed by atoms with Crippen LogP contribution in [0, 0.1) is 0 Å². The second-order valence-corrected chi connectivity index (χ2v) is 5.55. The van der Waals surface area contributed by atoms with Crippen LogP contribution < -0.4 is 16.6 Å². The van der Waals surface area contributed by atoms with Crippen LogP contribution in [0.4, 0.5) is 13.2 Å². The molecule has 10 heteroatoms. The average Bonchev–Trinajstić information content (AvgIpc) is 2.89. The maximum atomic E-state index is 12.7. The van der Waals surface area contributed by atoms with Gasteiger partial charge >= 0.3 is 6.18 Å². The van der Waals surface area contributed by atoms with Crippen LogP contribution in [0.1, 0.15) is 12.0 Å². The molecule has 0 saturated carbocycles. The number of amides is 2. The molecule has 0 aliphatic carbocycles. The molecule has 3 N–H and O–H groups in total. The van der Waals surface area contributed by atoms with Crippen molar-refractivity contribution in [3.63, 3.8) is 0 Å². The van der Waals surface area contributed by atoms with Crippen molar-refractivity contribution in [2.45, 2.75) is 31.2 Å². The summed E-state index contributed by atoms with van der Waals surface area (Å²) < 4.78 is 38.8. The fourth-order valence-electron chi connectivity index (χ4n) is 2.62. The maximum Gasteiger partial charge on any atom is 0.417 e. The van der Waals surface area contributed by atoms with Crippen molar-refractivity contribution >= 4 is 11.8 Å². The van der Waals surface area contributed by atoms with E-state index in [4.69, 9.17) is 5.73 Å². The fourth-order valence-corrected chi connectivity index (χ4v) is 2.62. The van der Waals surface area contributed by atoms with Gasteiger partial charge in [0.1, 0.15) is 12.6 Å². The van der Waals surface area contributed by atoms with Crippen molar-refractivity contribution in [3.8, 4) is 0 Å². The number of hydrogen-bond acceptors (Lipinski definition) is 4. The van der Waals surface area contributed by atoms with Crippen LogP contribution in [-0.4, -0.2) is 47.0 Å². The third kappa shape index (κ3) is 3.75. The maximum absolute atomic E-state index is 12.7. The molecule has 1 saturated heterocycles. The summed E-state index contributed by atoms with van der Waals surface area (Å²) in [5.74, 6) is -1.05. The zero-order valence-corrected chi connectivity index (χ0v) is 12.8. The van der Waals surface area contributed by atoms with Crippen LogP contribution >= 0.6 is 0 Å². The Hall–Kier alpha value is -2.36. The molecule has 0 bridgehead atoms. The molecule has 1 aliphatic heterocycles. The molecule has 2 heterocycles. The average molecular weight is 346 g/mol. The Kier molecular flexibility index (Phi) is 4.97. The number of nitrogens with zero attached hydrogens (tertiary/aromatic N) is 2. The third-order valence-electron chi connectivity index (χ3n) is 3.82. The summed E-state index contributed by atoms with van der Waals surface area (Å²) in [6, 6.07) is 0.207. The first kappa shape index (κ1) is 18.0. The van der Waals surface area contributed by atoms with E-state index in [0.717, 1.165) is 6.07 Å². The fraction of sp³-hybridized carbons (Fsp3) is 0.500. The van der Waals surface area contributed by atoms with E-state index in [0.29, 0.717) is 16.8 Å².